The smallest absolute Gasteiger partial charge is 0.305 e. The Morgan fingerprint density at radius 1 is 0.434 bits per heavy atom. The van der Waals surface area contributed by atoms with Crippen molar-refractivity contribution < 1.29 is 19.1 Å². The second-order valence-corrected chi connectivity index (χ2v) is 18.4. The first kappa shape index (κ1) is 51.9. The van der Waals surface area contributed by atoms with Crippen LogP contribution in [0.5, 0.6) is 0 Å². The maximum atomic E-state index is 12.3. The molecule has 0 N–H and O–H groups in total. The molecular formula is C48H95NO4. The van der Waals surface area contributed by atoms with Gasteiger partial charge in [-0.05, 0) is 99.6 Å². The van der Waals surface area contributed by atoms with Gasteiger partial charge in [-0.1, -0.05) is 172 Å². The number of carbonyl (C=O) groups excluding carboxylic acids is 2. The molecule has 0 radical (unpaired) electrons. The van der Waals surface area contributed by atoms with Gasteiger partial charge in [-0.25, -0.2) is 0 Å². The summed E-state index contributed by atoms with van der Waals surface area (Å²) >= 11 is 0. The third-order valence-electron chi connectivity index (χ3n) is 12.0. The number of hydrogen-bond acceptors (Lipinski definition) is 5. The van der Waals surface area contributed by atoms with Crippen molar-refractivity contribution in [3.63, 3.8) is 0 Å². The fourth-order valence-corrected chi connectivity index (χ4v) is 7.61. The number of unbranched alkanes of at least 4 members (excludes halogenated alkanes) is 12. The molecule has 0 aliphatic rings. The Balaban J connectivity index is 4.15. The van der Waals surface area contributed by atoms with Crippen molar-refractivity contribution in [1.29, 1.82) is 0 Å². The van der Waals surface area contributed by atoms with Crippen molar-refractivity contribution in [3.8, 4) is 0 Å². The molecule has 2 unspecified atom stereocenters. The molecule has 0 aliphatic carbocycles. The largest absolute Gasteiger partial charge is 0.465 e. The summed E-state index contributed by atoms with van der Waals surface area (Å²) in [6.45, 7) is 27.4. The Bertz CT molecular complexity index is 762. The van der Waals surface area contributed by atoms with E-state index in [2.05, 4.69) is 74.1 Å². The number of rotatable bonds is 38. The van der Waals surface area contributed by atoms with Gasteiger partial charge in [-0.3, -0.25) is 9.59 Å². The SMILES string of the molecule is CCN(CC)CCCC(CCCCCCCCCC(=O)OCC(CCC(C)C)C(C)C)CCCCCCCCCC(=O)OCC(CCC(C)C)C(C)C. The molecular weight excluding hydrogens is 655 g/mol. The lowest BCUT2D eigenvalue weighted by Crippen LogP contribution is -2.24. The Morgan fingerprint density at radius 2 is 0.774 bits per heavy atom. The molecule has 2 atom stereocenters. The monoisotopic (exact) mass is 750 g/mol. The van der Waals surface area contributed by atoms with Crippen molar-refractivity contribution in [3.05, 3.63) is 0 Å². The number of nitrogens with zero attached hydrogens (tertiary/aromatic N) is 1. The quantitative estimate of drug-likeness (QED) is 0.0465. The van der Waals surface area contributed by atoms with Gasteiger partial charge in [-0.15, -0.1) is 0 Å². The van der Waals surface area contributed by atoms with Crippen LogP contribution < -0.4 is 0 Å². The summed E-state index contributed by atoms with van der Waals surface area (Å²) in [6.07, 6.45) is 28.8. The molecule has 0 spiro atoms. The van der Waals surface area contributed by atoms with E-state index in [9.17, 15) is 9.59 Å². The molecule has 0 saturated heterocycles. The molecule has 0 aliphatic heterocycles. The van der Waals surface area contributed by atoms with Gasteiger partial charge < -0.3 is 14.4 Å². The normalized spacial score (nSPS) is 13.8. The first-order valence-corrected chi connectivity index (χ1v) is 23.4. The predicted molar refractivity (Wildman–Crippen MR) is 230 cm³/mol. The van der Waals surface area contributed by atoms with Crippen molar-refractivity contribution in [2.75, 3.05) is 32.8 Å². The van der Waals surface area contributed by atoms with E-state index in [0.29, 0.717) is 61.6 Å². The summed E-state index contributed by atoms with van der Waals surface area (Å²) in [5.41, 5.74) is 0. The summed E-state index contributed by atoms with van der Waals surface area (Å²) in [7, 11) is 0. The van der Waals surface area contributed by atoms with E-state index in [-0.39, 0.29) is 11.9 Å². The van der Waals surface area contributed by atoms with Crippen LogP contribution in [-0.2, 0) is 19.1 Å². The van der Waals surface area contributed by atoms with Gasteiger partial charge in [0.2, 0.25) is 0 Å². The molecule has 316 valence electrons. The third-order valence-corrected chi connectivity index (χ3v) is 12.0. The van der Waals surface area contributed by atoms with Gasteiger partial charge in [-0.2, -0.15) is 0 Å². The molecule has 0 amide bonds. The van der Waals surface area contributed by atoms with Crippen molar-refractivity contribution >= 4 is 11.9 Å². The lowest BCUT2D eigenvalue weighted by Gasteiger charge is -2.21. The first-order valence-electron chi connectivity index (χ1n) is 23.4. The maximum Gasteiger partial charge on any atom is 0.305 e. The predicted octanol–water partition coefficient (Wildman–Crippen LogP) is 14.2. The van der Waals surface area contributed by atoms with E-state index in [0.717, 1.165) is 57.5 Å². The highest BCUT2D eigenvalue weighted by molar-refractivity contribution is 5.69. The van der Waals surface area contributed by atoms with Crippen molar-refractivity contribution in [2.45, 2.75) is 223 Å². The van der Waals surface area contributed by atoms with Crippen LogP contribution in [0.15, 0.2) is 0 Å². The molecule has 0 saturated carbocycles. The Hall–Kier alpha value is -1.10. The minimum atomic E-state index is 0.00385. The van der Waals surface area contributed by atoms with Crippen LogP contribution in [0.25, 0.3) is 0 Å². The van der Waals surface area contributed by atoms with Crippen molar-refractivity contribution in [2.24, 2.45) is 41.4 Å². The Labute approximate surface area is 332 Å². The minimum absolute atomic E-state index is 0.00385. The van der Waals surface area contributed by atoms with Crippen molar-refractivity contribution in [1.82, 2.24) is 4.90 Å². The summed E-state index contributed by atoms with van der Waals surface area (Å²) in [5, 5.41) is 0. The van der Waals surface area contributed by atoms with Crippen LogP contribution in [-0.4, -0.2) is 49.7 Å². The molecule has 0 heterocycles. The highest BCUT2D eigenvalue weighted by atomic mass is 16.5. The lowest BCUT2D eigenvalue weighted by molar-refractivity contribution is -0.146. The summed E-state index contributed by atoms with van der Waals surface area (Å²) < 4.78 is 11.3. The second kappa shape index (κ2) is 35.3. The zero-order chi connectivity index (χ0) is 39.7. The van der Waals surface area contributed by atoms with E-state index >= 15 is 0 Å². The van der Waals surface area contributed by atoms with Crippen LogP contribution in [0.1, 0.15) is 223 Å². The van der Waals surface area contributed by atoms with E-state index in [1.54, 1.807) is 0 Å². The molecule has 5 heteroatoms. The molecule has 0 aromatic heterocycles. The Morgan fingerprint density at radius 3 is 1.11 bits per heavy atom. The van der Waals surface area contributed by atoms with E-state index in [1.165, 1.54) is 109 Å². The van der Waals surface area contributed by atoms with Crippen LogP contribution in [0.4, 0.5) is 0 Å². The second-order valence-electron chi connectivity index (χ2n) is 18.4. The standard InChI is InChI=1S/C48H95NO4/c1-11-49(12-2)37-27-30-44(28-23-19-15-13-17-21-25-31-47(50)52-38-45(42(7)8)35-33-40(3)4)29-24-20-16-14-18-22-26-32-48(51)53-39-46(43(9)10)36-34-41(5)6/h40-46H,11-39H2,1-10H3. The third kappa shape index (κ3) is 32.8. The average Bonchev–Trinajstić information content (AvgIpc) is 3.10. The minimum Gasteiger partial charge on any atom is -0.465 e. The molecule has 0 rings (SSSR count). The summed E-state index contributed by atoms with van der Waals surface area (Å²) in [6, 6.07) is 0. The van der Waals surface area contributed by atoms with E-state index in [4.69, 9.17) is 9.47 Å². The fraction of sp³-hybridized carbons (Fsp3) is 0.958. The molecule has 53 heavy (non-hydrogen) atoms. The highest BCUT2D eigenvalue weighted by Crippen LogP contribution is 2.25. The lowest BCUT2D eigenvalue weighted by atomic mass is 9.89. The molecule has 5 nitrogen and oxygen atoms in total. The first-order chi connectivity index (χ1) is 25.4. The molecule has 0 aromatic rings. The van der Waals surface area contributed by atoms with Crippen LogP contribution >= 0.6 is 0 Å². The Kier molecular flexibility index (Phi) is 34.6. The van der Waals surface area contributed by atoms with Gasteiger partial charge in [0.05, 0.1) is 13.2 Å². The molecule has 0 aromatic carbocycles. The summed E-state index contributed by atoms with van der Waals surface area (Å²) in [4.78, 5) is 27.2. The van der Waals surface area contributed by atoms with E-state index in [1.807, 2.05) is 0 Å². The number of esters is 2. The maximum absolute atomic E-state index is 12.3. The highest BCUT2D eigenvalue weighted by Gasteiger charge is 2.18. The zero-order valence-corrected chi connectivity index (χ0v) is 37.6. The molecule has 0 fully saturated rings. The van der Waals surface area contributed by atoms with Gasteiger partial charge in [0.15, 0.2) is 0 Å². The van der Waals surface area contributed by atoms with Gasteiger partial charge >= 0.3 is 11.9 Å². The average molecular weight is 750 g/mol. The zero-order valence-electron chi connectivity index (χ0n) is 37.6. The van der Waals surface area contributed by atoms with Crippen LogP contribution in [0.2, 0.25) is 0 Å². The van der Waals surface area contributed by atoms with Gasteiger partial charge in [0, 0.05) is 12.8 Å². The van der Waals surface area contributed by atoms with Crippen LogP contribution in [0, 0.1) is 41.4 Å². The number of hydrogen-bond donors (Lipinski definition) is 0. The number of carbonyl (C=O) groups is 2. The van der Waals surface area contributed by atoms with Gasteiger partial charge in [0.25, 0.3) is 0 Å². The molecule has 0 bridgehead atoms. The van der Waals surface area contributed by atoms with E-state index < -0.39 is 0 Å². The number of ether oxygens (including phenoxy) is 2. The fourth-order valence-electron chi connectivity index (χ4n) is 7.61. The van der Waals surface area contributed by atoms with Gasteiger partial charge in [0.1, 0.15) is 0 Å². The van der Waals surface area contributed by atoms with Crippen LogP contribution in [0.3, 0.4) is 0 Å². The topological polar surface area (TPSA) is 55.8 Å². The summed E-state index contributed by atoms with van der Waals surface area (Å²) in [5.74, 6) is 4.40.